The van der Waals surface area contributed by atoms with Crippen LogP contribution >= 0.6 is 0 Å². The second-order valence-corrected chi connectivity index (χ2v) is 7.83. The molecule has 1 aliphatic heterocycles. The summed E-state index contributed by atoms with van der Waals surface area (Å²) in [7, 11) is 1.88. The number of benzene rings is 1. The number of aromatic nitrogens is 3. The number of hydrogen-bond acceptors (Lipinski definition) is 5. The van der Waals surface area contributed by atoms with E-state index < -0.39 is 11.7 Å². The molecule has 0 amide bonds. The Morgan fingerprint density at radius 3 is 2.78 bits per heavy atom. The van der Waals surface area contributed by atoms with Crippen LogP contribution in [0.2, 0.25) is 0 Å². The summed E-state index contributed by atoms with van der Waals surface area (Å²) < 4.78 is 43.5. The van der Waals surface area contributed by atoms with Gasteiger partial charge in [-0.3, -0.25) is 10.00 Å². The van der Waals surface area contributed by atoms with Crippen molar-refractivity contribution in [3.8, 4) is 5.75 Å². The minimum atomic E-state index is -4.34. The van der Waals surface area contributed by atoms with Crippen LogP contribution in [0.5, 0.6) is 5.75 Å². The Balaban J connectivity index is 1.33. The second kappa shape index (κ2) is 9.60. The number of halogens is 3. The molecule has 0 saturated carbocycles. The van der Waals surface area contributed by atoms with Crippen LogP contribution in [0.15, 0.2) is 48.7 Å². The van der Waals surface area contributed by atoms with Gasteiger partial charge in [-0.1, -0.05) is 6.07 Å². The number of H-pyrrole nitrogens is 1. The van der Waals surface area contributed by atoms with E-state index in [1.807, 2.05) is 13.1 Å². The fraction of sp³-hybridized carbons (Fsp3) is 0.391. The fourth-order valence-electron chi connectivity index (χ4n) is 4.06. The minimum Gasteiger partial charge on any atom is -0.493 e. The van der Waals surface area contributed by atoms with Gasteiger partial charge in [0.05, 0.1) is 23.9 Å². The second-order valence-electron chi connectivity index (χ2n) is 7.83. The number of nitrogens with one attached hydrogen (secondary N) is 2. The molecule has 0 spiro atoms. The Bertz CT molecular complexity index is 1020. The fourth-order valence-corrected chi connectivity index (χ4v) is 4.06. The van der Waals surface area contributed by atoms with Gasteiger partial charge in [0.25, 0.3) is 0 Å². The van der Waals surface area contributed by atoms with E-state index in [0.717, 1.165) is 60.8 Å². The standard InChI is InChI=1S/C23H26F3N5O/c1-27-22-16(4-2-11-28-22)15-31-12-3-5-21(31)20-14-18(29-30-20)10-13-32-19-8-6-17(7-9-19)23(24,25)26/h2,4,6-9,11,14,21H,3,5,10,12-13,15H2,1H3,(H,27,28)(H,29,30)/t21-/m1/s1. The lowest BCUT2D eigenvalue weighted by atomic mass is 10.1. The van der Waals surface area contributed by atoms with E-state index in [4.69, 9.17) is 4.74 Å². The first-order valence-corrected chi connectivity index (χ1v) is 10.6. The molecule has 0 aliphatic carbocycles. The number of nitrogens with zero attached hydrogens (tertiary/aromatic N) is 3. The van der Waals surface area contributed by atoms with Crippen molar-refractivity contribution in [3.05, 3.63) is 71.2 Å². The molecule has 4 rings (SSSR count). The topological polar surface area (TPSA) is 66.1 Å². The lowest BCUT2D eigenvalue weighted by Gasteiger charge is -2.23. The summed E-state index contributed by atoms with van der Waals surface area (Å²) in [6.07, 6.45) is 0.182. The van der Waals surface area contributed by atoms with E-state index in [9.17, 15) is 13.2 Å². The first kappa shape index (κ1) is 22.1. The van der Waals surface area contributed by atoms with Crippen LogP contribution < -0.4 is 10.1 Å². The number of pyridine rings is 1. The number of alkyl halides is 3. The van der Waals surface area contributed by atoms with Gasteiger partial charge in [0.1, 0.15) is 11.6 Å². The third kappa shape index (κ3) is 5.21. The molecule has 1 aliphatic rings. The van der Waals surface area contributed by atoms with Gasteiger partial charge >= 0.3 is 6.18 Å². The number of aromatic amines is 1. The van der Waals surface area contributed by atoms with E-state index in [2.05, 4.69) is 37.5 Å². The lowest BCUT2D eigenvalue weighted by molar-refractivity contribution is -0.137. The van der Waals surface area contributed by atoms with Crippen LogP contribution in [0.4, 0.5) is 19.0 Å². The number of likely N-dealkylation sites (tertiary alicyclic amines) is 1. The molecule has 2 N–H and O–H groups in total. The highest BCUT2D eigenvalue weighted by molar-refractivity contribution is 5.43. The third-order valence-electron chi connectivity index (χ3n) is 5.68. The van der Waals surface area contributed by atoms with Gasteiger partial charge in [-0.25, -0.2) is 4.98 Å². The van der Waals surface area contributed by atoms with Crippen LogP contribution in [0.1, 0.15) is 41.4 Å². The average molecular weight is 445 g/mol. The summed E-state index contributed by atoms with van der Waals surface area (Å²) in [5.74, 6) is 1.30. The highest BCUT2D eigenvalue weighted by atomic mass is 19.4. The molecule has 0 bridgehead atoms. The molecular weight excluding hydrogens is 419 g/mol. The van der Waals surface area contributed by atoms with E-state index in [-0.39, 0.29) is 6.04 Å². The average Bonchev–Trinajstić information content (AvgIpc) is 3.43. The van der Waals surface area contributed by atoms with E-state index >= 15 is 0 Å². The Hall–Kier alpha value is -3.07. The summed E-state index contributed by atoms with van der Waals surface area (Å²) in [4.78, 5) is 6.80. The Morgan fingerprint density at radius 1 is 1.22 bits per heavy atom. The predicted octanol–water partition coefficient (Wildman–Crippen LogP) is 4.82. The van der Waals surface area contributed by atoms with Crippen molar-refractivity contribution in [2.45, 2.75) is 38.0 Å². The van der Waals surface area contributed by atoms with Gasteiger partial charge in [0, 0.05) is 37.5 Å². The molecule has 3 heterocycles. The van der Waals surface area contributed by atoms with Gasteiger partial charge in [-0.2, -0.15) is 18.3 Å². The van der Waals surface area contributed by atoms with Crippen LogP contribution in [0, 0.1) is 0 Å². The normalized spacial score (nSPS) is 16.9. The third-order valence-corrected chi connectivity index (χ3v) is 5.68. The summed E-state index contributed by atoms with van der Waals surface area (Å²) in [6, 6.07) is 11.1. The van der Waals surface area contributed by atoms with E-state index in [0.29, 0.717) is 18.8 Å². The largest absolute Gasteiger partial charge is 0.493 e. The van der Waals surface area contributed by atoms with Crippen molar-refractivity contribution < 1.29 is 17.9 Å². The van der Waals surface area contributed by atoms with Crippen molar-refractivity contribution >= 4 is 5.82 Å². The Kier molecular flexibility index (Phi) is 6.64. The van der Waals surface area contributed by atoms with Crippen molar-refractivity contribution in [3.63, 3.8) is 0 Å². The van der Waals surface area contributed by atoms with Gasteiger partial charge in [0.2, 0.25) is 0 Å². The summed E-state index contributed by atoms with van der Waals surface area (Å²) in [6.45, 7) is 2.15. The first-order valence-electron chi connectivity index (χ1n) is 10.6. The summed E-state index contributed by atoms with van der Waals surface area (Å²) in [5.41, 5.74) is 2.41. The van der Waals surface area contributed by atoms with Gasteiger partial charge < -0.3 is 10.1 Å². The van der Waals surface area contributed by atoms with Crippen LogP contribution in [0.25, 0.3) is 0 Å². The molecule has 2 aromatic heterocycles. The lowest BCUT2D eigenvalue weighted by Crippen LogP contribution is -2.23. The smallest absolute Gasteiger partial charge is 0.416 e. The molecule has 1 aromatic carbocycles. The molecule has 9 heteroatoms. The maximum Gasteiger partial charge on any atom is 0.416 e. The number of hydrogen-bond donors (Lipinski definition) is 2. The number of ether oxygens (including phenoxy) is 1. The molecular formula is C23H26F3N5O. The van der Waals surface area contributed by atoms with Gasteiger partial charge in [-0.05, 0) is 55.8 Å². The maximum atomic E-state index is 12.6. The van der Waals surface area contributed by atoms with Crippen molar-refractivity contribution in [2.75, 3.05) is 25.5 Å². The first-order chi connectivity index (χ1) is 15.4. The van der Waals surface area contributed by atoms with Gasteiger partial charge in [0.15, 0.2) is 0 Å². The van der Waals surface area contributed by atoms with E-state index in [1.165, 1.54) is 12.1 Å². The molecule has 0 radical (unpaired) electrons. The monoisotopic (exact) mass is 445 g/mol. The predicted molar refractivity (Wildman–Crippen MR) is 115 cm³/mol. The summed E-state index contributed by atoms with van der Waals surface area (Å²) in [5, 5.41) is 10.7. The SMILES string of the molecule is CNc1ncccc1CN1CCC[C@@H]1c1cc(CCOc2ccc(C(F)(F)F)cc2)[nH]n1. The highest BCUT2D eigenvalue weighted by Crippen LogP contribution is 2.33. The van der Waals surface area contributed by atoms with Crippen LogP contribution in [-0.2, 0) is 19.1 Å². The van der Waals surface area contributed by atoms with Crippen molar-refractivity contribution in [1.29, 1.82) is 0 Å². The van der Waals surface area contributed by atoms with Crippen LogP contribution in [-0.4, -0.2) is 40.3 Å². The highest BCUT2D eigenvalue weighted by Gasteiger charge is 2.30. The van der Waals surface area contributed by atoms with Crippen molar-refractivity contribution in [1.82, 2.24) is 20.1 Å². The zero-order valence-corrected chi connectivity index (χ0v) is 17.8. The molecule has 1 saturated heterocycles. The number of anilines is 1. The molecule has 6 nitrogen and oxygen atoms in total. The van der Waals surface area contributed by atoms with Gasteiger partial charge in [-0.15, -0.1) is 0 Å². The molecule has 32 heavy (non-hydrogen) atoms. The van der Waals surface area contributed by atoms with Crippen LogP contribution in [0.3, 0.4) is 0 Å². The zero-order chi connectivity index (χ0) is 22.6. The number of rotatable bonds is 8. The quantitative estimate of drug-likeness (QED) is 0.520. The molecule has 0 unspecified atom stereocenters. The minimum absolute atomic E-state index is 0.237. The molecule has 3 aromatic rings. The maximum absolute atomic E-state index is 12.6. The Morgan fingerprint density at radius 2 is 2.03 bits per heavy atom. The zero-order valence-electron chi connectivity index (χ0n) is 17.8. The molecule has 170 valence electrons. The van der Waals surface area contributed by atoms with E-state index in [1.54, 1.807) is 6.20 Å². The molecule has 1 atom stereocenters. The Labute approximate surface area is 184 Å². The van der Waals surface area contributed by atoms with Crippen molar-refractivity contribution in [2.24, 2.45) is 0 Å². The summed E-state index contributed by atoms with van der Waals surface area (Å²) >= 11 is 0. The molecule has 1 fully saturated rings.